The van der Waals surface area contributed by atoms with E-state index in [4.69, 9.17) is 10.2 Å². The molecule has 0 bridgehead atoms. The van der Waals surface area contributed by atoms with Crippen LogP contribution in [0, 0.1) is 0 Å². The summed E-state index contributed by atoms with van der Waals surface area (Å²) in [5.41, 5.74) is 9.41. The van der Waals surface area contributed by atoms with Gasteiger partial charge in [-0.1, -0.05) is 0 Å². The normalized spacial score (nSPS) is 21.4. The van der Waals surface area contributed by atoms with Crippen molar-refractivity contribution in [3.05, 3.63) is 48.5 Å². The first-order valence-corrected chi connectivity index (χ1v) is 10.9. The van der Waals surface area contributed by atoms with E-state index in [1.165, 1.54) is 0 Å². The highest BCUT2D eigenvalue weighted by atomic mass is 32.1. The highest BCUT2D eigenvalue weighted by molar-refractivity contribution is 7.17. The Balaban J connectivity index is 1.44. The maximum Gasteiger partial charge on any atom is 0.177 e. The van der Waals surface area contributed by atoms with Gasteiger partial charge in [0.15, 0.2) is 11.4 Å². The Bertz CT molecular complexity index is 1410. The molecule has 5 aromatic rings. The van der Waals surface area contributed by atoms with Gasteiger partial charge in [-0.2, -0.15) is 5.10 Å². The third kappa shape index (κ3) is 2.93. The van der Waals surface area contributed by atoms with E-state index >= 15 is 0 Å². The summed E-state index contributed by atoms with van der Waals surface area (Å²) in [6.45, 7) is 0. The molecule has 1 saturated carbocycles. The first-order valence-electron chi connectivity index (χ1n) is 9.99. The average molecular weight is 433 g/mol. The SMILES string of the molecule is Nc1ncc(-c2cnn([C@@H]3C[C@@H](O)[C@@H](O)C3)c2)c2cc(-c3csc4cnccc34)oc12. The van der Waals surface area contributed by atoms with Crippen LogP contribution >= 0.6 is 11.3 Å². The van der Waals surface area contributed by atoms with E-state index < -0.39 is 12.2 Å². The first-order chi connectivity index (χ1) is 15.1. The van der Waals surface area contributed by atoms with Crippen molar-refractivity contribution in [2.45, 2.75) is 31.1 Å². The predicted octanol–water partition coefficient (Wildman–Crippen LogP) is 3.61. The van der Waals surface area contributed by atoms with Gasteiger partial charge in [0.05, 0.1) is 29.1 Å². The molecule has 5 aromatic heterocycles. The van der Waals surface area contributed by atoms with Crippen LogP contribution in [0.25, 0.3) is 43.5 Å². The van der Waals surface area contributed by atoms with E-state index in [1.54, 1.807) is 34.6 Å². The lowest BCUT2D eigenvalue weighted by molar-refractivity contribution is 0.0438. The van der Waals surface area contributed by atoms with Gasteiger partial charge in [0.1, 0.15) is 5.76 Å². The Morgan fingerprint density at radius 3 is 2.77 bits per heavy atom. The van der Waals surface area contributed by atoms with Crippen molar-refractivity contribution < 1.29 is 14.6 Å². The molecule has 0 aliphatic heterocycles. The number of nitrogen functional groups attached to an aromatic ring is 1. The number of aliphatic hydroxyl groups excluding tert-OH is 2. The average Bonchev–Trinajstić information content (AvgIpc) is 3.54. The molecule has 1 fully saturated rings. The van der Waals surface area contributed by atoms with Crippen molar-refractivity contribution in [1.82, 2.24) is 19.7 Å². The van der Waals surface area contributed by atoms with Crippen LogP contribution in [0.2, 0.25) is 0 Å². The summed E-state index contributed by atoms with van der Waals surface area (Å²) in [4.78, 5) is 8.52. The number of nitrogens with two attached hydrogens (primary N) is 1. The number of hydrogen-bond acceptors (Lipinski definition) is 8. The Hall–Kier alpha value is -3.27. The summed E-state index contributed by atoms with van der Waals surface area (Å²) in [5.74, 6) is 1.06. The molecule has 0 unspecified atom stereocenters. The number of nitrogens with zero attached hydrogens (tertiary/aromatic N) is 4. The third-order valence-corrected chi connectivity index (χ3v) is 6.92. The Morgan fingerprint density at radius 2 is 1.94 bits per heavy atom. The number of rotatable bonds is 3. The molecule has 1 aliphatic rings. The highest BCUT2D eigenvalue weighted by Crippen LogP contribution is 2.40. The smallest absolute Gasteiger partial charge is 0.177 e. The van der Waals surface area contributed by atoms with E-state index in [0.29, 0.717) is 24.2 Å². The Labute approximate surface area is 180 Å². The summed E-state index contributed by atoms with van der Waals surface area (Å²) in [5, 5.41) is 28.2. The van der Waals surface area contributed by atoms with Gasteiger partial charge in [0.25, 0.3) is 0 Å². The van der Waals surface area contributed by atoms with Crippen LogP contribution in [0.5, 0.6) is 0 Å². The van der Waals surface area contributed by atoms with Gasteiger partial charge in [-0.05, 0) is 25.0 Å². The van der Waals surface area contributed by atoms with Crippen molar-refractivity contribution in [1.29, 1.82) is 0 Å². The molecule has 3 atom stereocenters. The van der Waals surface area contributed by atoms with Crippen LogP contribution in [-0.2, 0) is 0 Å². The van der Waals surface area contributed by atoms with Gasteiger partial charge in [0, 0.05) is 57.6 Å². The first kappa shape index (κ1) is 18.5. The number of fused-ring (bicyclic) bond motifs is 2. The molecule has 9 heteroatoms. The second-order valence-electron chi connectivity index (χ2n) is 7.90. The summed E-state index contributed by atoms with van der Waals surface area (Å²) >= 11 is 1.62. The summed E-state index contributed by atoms with van der Waals surface area (Å²) in [6, 6.07) is 3.93. The van der Waals surface area contributed by atoms with Crippen LogP contribution < -0.4 is 5.73 Å². The van der Waals surface area contributed by atoms with E-state index in [0.717, 1.165) is 37.9 Å². The molecule has 0 saturated heterocycles. The minimum atomic E-state index is -0.713. The topological polar surface area (TPSA) is 123 Å². The van der Waals surface area contributed by atoms with Gasteiger partial charge in [-0.15, -0.1) is 11.3 Å². The van der Waals surface area contributed by atoms with Crippen LogP contribution in [0.4, 0.5) is 5.82 Å². The quantitative estimate of drug-likeness (QED) is 0.397. The fraction of sp³-hybridized carbons (Fsp3) is 0.227. The van der Waals surface area contributed by atoms with Gasteiger partial charge in [-0.3, -0.25) is 9.67 Å². The molecule has 1 aliphatic carbocycles. The van der Waals surface area contributed by atoms with Crippen molar-refractivity contribution in [2.24, 2.45) is 0 Å². The molecule has 6 rings (SSSR count). The molecule has 8 nitrogen and oxygen atoms in total. The van der Waals surface area contributed by atoms with Crippen molar-refractivity contribution >= 4 is 38.2 Å². The van der Waals surface area contributed by atoms with Crippen molar-refractivity contribution in [3.63, 3.8) is 0 Å². The van der Waals surface area contributed by atoms with Crippen LogP contribution in [-0.4, -0.2) is 42.2 Å². The largest absolute Gasteiger partial charge is 0.452 e. The lowest BCUT2D eigenvalue weighted by atomic mass is 10.1. The maximum atomic E-state index is 9.86. The Morgan fingerprint density at radius 1 is 1.10 bits per heavy atom. The maximum absolute atomic E-state index is 9.86. The van der Waals surface area contributed by atoms with E-state index in [1.807, 2.05) is 24.5 Å². The number of aliphatic hydroxyl groups is 2. The van der Waals surface area contributed by atoms with E-state index in [9.17, 15) is 10.2 Å². The van der Waals surface area contributed by atoms with Crippen molar-refractivity contribution in [2.75, 3.05) is 5.73 Å². The number of thiophene rings is 1. The summed E-state index contributed by atoms with van der Waals surface area (Å²) in [6.07, 6.45) is 8.56. The minimum absolute atomic E-state index is 0.0401. The minimum Gasteiger partial charge on any atom is -0.452 e. The number of furan rings is 1. The standard InChI is InChI=1S/C22H19N5O3S/c23-22-21-14(5-19(30-21)16-10-31-20-8-24-2-1-13(16)20)15(7-25-22)11-6-26-27(9-11)12-3-17(28)18(29)4-12/h1-2,5-10,12,17-18,28-29H,3-4H2,(H2,23,25)/t12-,17-,18+. The number of pyridine rings is 2. The predicted molar refractivity (Wildman–Crippen MR) is 119 cm³/mol. The van der Waals surface area contributed by atoms with Gasteiger partial charge in [0.2, 0.25) is 0 Å². The molecular weight excluding hydrogens is 414 g/mol. The molecule has 4 N–H and O–H groups in total. The number of hydrogen-bond donors (Lipinski definition) is 3. The number of aromatic nitrogens is 4. The van der Waals surface area contributed by atoms with Gasteiger partial charge >= 0.3 is 0 Å². The van der Waals surface area contributed by atoms with Crippen molar-refractivity contribution in [3.8, 4) is 22.5 Å². The zero-order chi connectivity index (χ0) is 21.1. The zero-order valence-corrected chi connectivity index (χ0v) is 17.2. The fourth-order valence-electron chi connectivity index (χ4n) is 4.34. The lowest BCUT2D eigenvalue weighted by Crippen LogP contribution is -2.17. The van der Waals surface area contributed by atoms with Gasteiger partial charge in [-0.25, -0.2) is 4.98 Å². The number of anilines is 1. The molecule has 0 aromatic carbocycles. The molecular formula is C22H19N5O3S. The zero-order valence-electron chi connectivity index (χ0n) is 16.3. The second kappa shape index (κ2) is 6.88. The second-order valence-corrected chi connectivity index (χ2v) is 8.81. The third-order valence-electron chi connectivity index (χ3n) is 5.99. The monoisotopic (exact) mass is 433 g/mol. The highest BCUT2D eigenvalue weighted by Gasteiger charge is 2.33. The Kier molecular flexibility index (Phi) is 4.10. The van der Waals surface area contributed by atoms with Crippen LogP contribution in [0.1, 0.15) is 18.9 Å². The lowest BCUT2D eigenvalue weighted by Gasteiger charge is -2.09. The molecule has 0 amide bonds. The van der Waals surface area contributed by atoms with Gasteiger partial charge < -0.3 is 20.4 Å². The molecule has 31 heavy (non-hydrogen) atoms. The van der Waals surface area contributed by atoms with E-state index in [-0.39, 0.29) is 6.04 Å². The van der Waals surface area contributed by atoms with Crippen LogP contribution in [0.15, 0.2) is 52.9 Å². The molecule has 0 spiro atoms. The fourth-order valence-corrected chi connectivity index (χ4v) is 5.25. The van der Waals surface area contributed by atoms with E-state index in [2.05, 4.69) is 20.4 Å². The molecule has 5 heterocycles. The van der Waals surface area contributed by atoms with Crippen LogP contribution in [0.3, 0.4) is 0 Å². The molecule has 156 valence electrons. The summed E-state index contributed by atoms with van der Waals surface area (Å²) in [7, 11) is 0. The molecule has 0 radical (unpaired) electrons. The summed E-state index contributed by atoms with van der Waals surface area (Å²) < 4.78 is 9.05.